The van der Waals surface area contributed by atoms with E-state index < -0.39 is 0 Å². The third kappa shape index (κ3) is 3.01. The number of amides is 1. The summed E-state index contributed by atoms with van der Waals surface area (Å²) in [7, 11) is 0. The van der Waals surface area contributed by atoms with Gasteiger partial charge in [-0.05, 0) is 24.3 Å². The van der Waals surface area contributed by atoms with E-state index in [0.29, 0.717) is 6.42 Å². The van der Waals surface area contributed by atoms with Crippen molar-refractivity contribution in [3.05, 3.63) is 48.5 Å². The minimum Gasteiger partial charge on any atom is -0.340 e. The Morgan fingerprint density at radius 1 is 0.958 bits per heavy atom. The van der Waals surface area contributed by atoms with Gasteiger partial charge in [-0.2, -0.15) is 0 Å². The molecule has 2 aliphatic heterocycles. The van der Waals surface area contributed by atoms with E-state index in [1.807, 2.05) is 4.90 Å². The van der Waals surface area contributed by atoms with Crippen molar-refractivity contribution in [2.45, 2.75) is 16.2 Å². The Balaban J connectivity index is 1.55. The van der Waals surface area contributed by atoms with Crippen LogP contribution in [0.5, 0.6) is 0 Å². The van der Waals surface area contributed by atoms with Crippen molar-refractivity contribution in [1.82, 2.24) is 10.2 Å². The smallest absolute Gasteiger partial charge is 0.224 e. The maximum Gasteiger partial charge on any atom is 0.224 e. The fourth-order valence-electron chi connectivity index (χ4n) is 3.30. The highest BCUT2D eigenvalue weighted by Crippen LogP contribution is 2.47. The molecule has 1 N–H and O–H groups in total. The molecule has 0 bridgehead atoms. The molecule has 0 aliphatic carbocycles. The lowest BCUT2D eigenvalue weighted by Gasteiger charge is -2.33. The summed E-state index contributed by atoms with van der Waals surface area (Å²) in [6.45, 7) is 4.16. The Morgan fingerprint density at radius 2 is 1.54 bits per heavy atom. The van der Waals surface area contributed by atoms with Crippen LogP contribution in [-0.4, -0.2) is 43.5 Å². The average molecular weight is 339 g/mol. The van der Waals surface area contributed by atoms with Gasteiger partial charge in [0, 0.05) is 48.9 Å². The molecule has 2 aromatic rings. The third-order valence-electron chi connectivity index (χ3n) is 4.55. The molecule has 2 aromatic carbocycles. The summed E-state index contributed by atoms with van der Waals surface area (Å²) in [5.41, 5.74) is 2.41. The Bertz CT molecular complexity index is 697. The number of anilines is 2. The van der Waals surface area contributed by atoms with E-state index in [-0.39, 0.29) is 5.91 Å². The number of hydrogen-bond acceptors (Lipinski definition) is 4. The summed E-state index contributed by atoms with van der Waals surface area (Å²) in [6.07, 6.45) is 0.549. The molecule has 1 amide bonds. The van der Waals surface area contributed by atoms with Crippen LogP contribution in [0.25, 0.3) is 0 Å². The van der Waals surface area contributed by atoms with Gasteiger partial charge in [0.05, 0.1) is 11.4 Å². The lowest BCUT2D eigenvalue weighted by molar-refractivity contribution is -0.131. The van der Waals surface area contributed by atoms with Crippen molar-refractivity contribution in [3.8, 4) is 0 Å². The fraction of sp³-hybridized carbons (Fsp3) is 0.316. The van der Waals surface area contributed by atoms with Crippen LogP contribution >= 0.6 is 11.8 Å². The molecule has 124 valence electrons. The molecule has 0 saturated carbocycles. The van der Waals surface area contributed by atoms with Crippen LogP contribution in [0.1, 0.15) is 6.42 Å². The Kier molecular flexibility index (Phi) is 4.45. The first-order valence-electron chi connectivity index (χ1n) is 8.45. The van der Waals surface area contributed by atoms with E-state index in [4.69, 9.17) is 0 Å². The van der Waals surface area contributed by atoms with Crippen molar-refractivity contribution in [1.29, 1.82) is 0 Å². The molecule has 0 atom stereocenters. The van der Waals surface area contributed by atoms with Crippen molar-refractivity contribution < 1.29 is 4.79 Å². The van der Waals surface area contributed by atoms with E-state index in [9.17, 15) is 4.79 Å². The van der Waals surface area contributed by atoms with E-state index in [2.05, 4.69) is 58.7 Å². The molecular formula is C19H21N3OS. The van der Waals surface area contributed by atoms with E-state index >= 15 is 0 Å². The highest BCUT2D eigenvalue weighted by atomic mass is 32.2. The molecule has 2 aliphatic rings. The highest BCUT2D eigenvalue weighted by molar-refractivity contribution is 7.99. The molecule has 5 heteroatoms. The predicted octanol–water partition coefficient (Wildman–Crippen LogP) is 3.11. The van der Waals surface area contributed by atoms with Gasteiger partial charge in [-0.15, -0.1) is 0 Å². The summed E-state index contributed by atoms with van der Waals surface area (Å²) in [6, 6.07) is 16.9. The summed E-state index contributed by atoms with van der Waals surface area (Å²) in [4.78, 5) is 19.3. The zero-order chi connectivity index (χ0) is 16.4. The Morgan fingerprint density at radius 3 is 2.17 bits per heavy atom. The lowest BCUT2D eigenvalue weighted by atomic mass is 10.2. The number of hydrogen-bond donors (Lipinski definition) is 1. The number of rotatable bonds is 3. The van der Waals surface area contributed by atoms with Crippen LogP contribution in [0.15, 0.2) is 58.3 Å². The lowest BCUT2D eigenvalue weighted by Crippen LogP contribution is -2.47. The SMILES string of the molecule is O=C(CCN1c2ccccc2Sc2ccccc21)N1CCNCC1. The van der Waals surface area contributed by atoms with Gasteiger partial charge in [0.2, 0.25) is 5.91 Å². The van der Waals surface area contributed by atoms with E-state index in [0.717, 1.165) is 32.7 Å². The second-order valence-corrected chi connectivity index (χ2v) is 7.15. The molecule has 0 aromatic heterocycles. The number of carbonyl (C=O) groups excluding carboxylic acids is 1. The van der Waals surface area contributed by atoms with Crippen LogP contribution in [0.4, 0.5) is 11.4 Å². The van der Waals surface area contributed by atoms with Crippen molar-refractivity contribution >= 4 is 29.0 Å². The standard InChI is InChI=1S/C19H21N3OS/c23-19(21-13-10-20-11-14-21)9-12-22-15-5-1-3-7-17(15)24-18-8-4-2-6-16(18)22/h1-8,20H,9-14H2. The van der Waals surface area contributed by atoms with Gasteiger partial charge in [0.15, 0.2) is 0 Å². The van der Waals surface area contributed by atoms with Crippen LogP contribution in [0.3, 0.4) is 0 Å². The Labute approximate surface area is 146 Å². The number of nitrogens with zero attached hydrogens (tertiary/aromatic N) is 2. The highest BCUT2D eigenvalue weighted by Gasteiger charge is 2.24. The number of piperazine rings is 1. The van der Waals surface area contributed by atoms with Gasteiger partial charge < -0.3 is 15.1 Å². The molecule has 0 spiro atoms. The predicted molar refractivity (Wildman–Crippen MR) is 98.1 cm³/mol. The molecule has 4 rings (SSSR count). The van der Waals surface area contributed by atoms with Gasteiger partial charge >= 0.3 is 0 Å². The molecule has 0 radical (unpaired) electrons. The molecule has 4 nitrogen and oxygen atoms in total. The van der Waals surface area contributed by atoms with Crippen molar-refractivity contribution in [3.63, 3.8) is 0 Å². The van der Waals surface area contributed by atoms with Gasteiger partial charge in [-0.1, -0.05) is 36.0 Å². The average Bonchev–Trinajstić information content (AvgIpc) is 2.65. The largest absolute Gasteiger partial charge is 0.340 e. The van der Waals surface area contributed by atoms with Crippen molar-refractivity contribution in [2.24, 2.45) is 0 Å². The zero-order valence-electron chi connectivity index (χ0n) is 13.6. The quantitative estimate of drug-likeness (QED) is 0.932. The molecule has 2 heterocycles. The summed E-state index contributed by atoms with van der Waals surface area (Å²) in [5, 5.41) is 3.29. The minimum atomic E-state index is 0.254. The van der Waals surface area contributed by atoms with Crippen LogP contribution in [-0.2, 0) is 4.79 Å². The van der Waals surface area contributed by atoms with Gasteiger partial charge in [-0.3, -0.25) is 4.79 Å². The maximum absolute atomic E-state index is 12.5. The monoisotopic (exact) mass is 339 g/mol. The van der Waals surface area contributed by atoms with Gasteiger partial charge in [0.1, 0.15) is 0 Å². The number of para-hydroxylation sites is 2. The van der Waals surface area contributed by atoms with Crippen LogP contribution < -0.4 is 10.2 Å². The molecule has 24 heavy (non-hydrogen) atoms. The summed E-state index contributed by atoms with van der Waals surface area (Å²) in [5.74, 6) is 0.254. The number of nitrogens with one attached hydrogen (secondary N) is 1. The summed E-state index contributed by atoms with van der Waals surface area (Å²) >= 11 is 1.80. The second kappa shape index (κ2) is 6.87. The van der Waals surface area contributed by atoms with E-state index in [1.54, 1.807) is 11.8 Å². The first-order chi connectivity index (χ1) is 11.8. The van der Waals surface area contributed by atoms with E-state index in [1.165, 1.54) is 21.2 Å². The van der Waals surface area contributed by atoms with Gasteiger partial charge in [-0.25, -0.2) is 0 Å². The number of carbonyl (C=O) groups is 1. The third-order valence-corrected chi connectivity index (χ3v) is 5.68. The van der Waals surface area contributed by atoms with Crippen molar-refractivity contribution in [2.75, 3.05) is 37.6 Å². The minimum absolute atomic E-state index is 0.254. The maximum atomic E-state index is 12.5. The summed E-state index contributed by atoms with van der Waals surface area (Å²) < 4.78 is 0. The number of fused-ring (bicyclic) bond motifs is 2. The zero-order valence-corrected chi connectivity index (χ0v) is 14.4. The first-order valence-corrected chi connectivity index (χ1v) is 9.26. The second-order valence-electron chi connectivity index (χ2n) is 6.07. The molecular weight excluding hydrogens is 318 g/mol. The number of benzene rings is 2. The normalized spacial score (nSPS) is 16.5. The fourth-order valence-corrected chi connectivity index (χ4v) is 4.40. The topological polar surface area (TPSA) is 35.6 Å². The molecule has 1 saturated heterocycles. The Hall–Kier alpha value is -1.98. The van der Waals surface area contributed by atoms with Crippen LogP contribution in [0.2, 0.25) is 0 Å². The van der Waals surface area contributed by atoms with Crippen LogP contribution in [0, 0.1) is 0 Å². The first kappa shape index (κ1) is 15.5. The molecule has 0 unspecified atom stereocenters. The van der Waals surface area contributed by atoms with Gasteiger partial charge in [0.25, 0.3) is 0 Å². The molecule has 1 fully saturated rings.